The van der Waals surface area contributed by atoms with Crippen molar-refractivity contribution in [3.8, 4) is 5.75 Å². The summed E-state index contributed by atoms with van der Waals surface area (Å²) < 4.78 is 5.64. The maximum Gasteiger partial charge on any atom is 0.228 e. The summed E-state index contributed by atoms with van der Waals surface area (Å²) in [5.74, 6) is 0.745. The van der Waals surface area contributed by atoms with Crippen molar-refractivity contribution in [2.75, 3.05) is 5.32 Å². The number of hydrogen-bond donors (Lipinski definition) is 1. The van der Waals surface area contributed by atoms with Gasteiger partial charge in [0.25, 0.3) is 0 Å². The third-order valence-electron chi connectivity index (χ3n) is 3.35. The number of carbonyl (C=O) groups is 1. The lowest BCUT2D eigenvalue weighted by Crippen LogP contribution is -2.15. The van der Waals surface area contributed by atoms with Crippen molar-refractivity contribution in [1.29, 1.82) is 0 Å². The fourth-order valence-electron chi connectivity index (χ4n) is 2.29. The van der Waals surface area contributed by atoms with Gasteiger partial charge in [-0.3, -0.25) is 4.79 Å². The first-order chi connectivity index (χ1) is 10.4. The molecule has 1 amide bonds. The second-order valence-corrected chi connectivity index (χ2v) is 5.85. The Bertz CT molecular complexity index is 662. The predicted octanol–water partition coefficient (Wildman–Crippen LogP) is 4.27. The summed E-state index contributed by atoms with van der Waals surface area (Å²) in [6.45, 7) is 8.02. The predicted molar refractivity (Wildman–Crippen MR) is 90.5 cm³/mol. The van der Waals surface area contributed by atoms with Crippen molar-refractivity contribution in [1.82, 2.24) is 0 Å². The van der Waals surface area contributed by atoms with Crippen molar-refractivity contribution in [2.24, 2.45) is 0 Å². The van der Waals surface area contributed by atoms with Crippen LogP contribution in [0.1, 0.15) is 30.5 Å². The van der Waals surface area contributed by atoms with Crippen molar-refractivity contribution >= 4 is 11.6 Å². The number of aryl methyl sites for hydroxylation is 2. The molecule has 0 radical (unpaired) electrons. The van der Waals surface area contributed by atoms with E-state index in [0.717, 1.165) is 22.6 Å². The van der Waals surface area contributed by atoms with E-state index in [4.69, 9.17) is 4.74 Å². The molecule has 0 unspecified atom stereocenters. The molecule has 116 valence electrons. The van der Waals surface area contributed by atoms with E-state index in [1.165, 1.54) is 5.56 Å². The molecule has 0 saturated carbocycles. The largest absolute Gasteiger partial charge is 0.491 e. The van der Waals surface area contributed by atoms with Gasteiger partial charge >= 0.3 is 0 Å². The molecule has 1 N–H and O–H groups in total. The highest BCUT2D eigenvalue weighted by Gasteiger charge is 2.08. The number of amides is 1. The fourth-order valence-corrected chi connectivity index (χ4v) is 2.29. The van der Waals surface area contributed by atoms with Crippen LogP contribution in [0.5, 0.6) is 5.75 Å². The van der Waals surface area contributed by atoms with Crippen molar-refractivity contribution in [3.63, 3.8) is 0 Å². The molecule has 3 heteroatoms. The molecule has 0 aliphatic carbocycles. The molecular weight excluding hydrogens is 274 g/mol. The molecule has 0 atom stereocenters. The highest BCUT2D eigenvalue weighted by molar-refractivity contribution is 5.92. The fraction of sp³-hybridized carbons (Fsp3) is 0.316. The minimum atomic E-state index is -0.0182. The van der Waals surface area contributed by atoms with Gasteiger partial charge in [-0.25, -0.2) is 0 Å². The standard InChI is InChI=1S/C19H23NO2/c1-13(2)22-18-7-5-6-17(12-18)20-19(21)11-16-10-14(3)8-9-15(16)4/h5-10,12-13H,11H2,1-4H3,(H,20,21). The zero-order chi connectivity index (χ0) is 16.1. The average Bonchev–Trinajstić information content (AvgIpc) is 2.42. The topological polar surface area (TPSA) is 38.3 Å². The molecular formula is C19H23NO2. The molecule has 2 rings (SSSR count). The summed E-state index contributed by atoms with van der Waals surface area (Å²) in [6.07, 6.45) is 0.490. The Labute approximate surface area is 132 Å². The number of ether oxygens (including phenoxy) is 1. The molecule has 2 aromatic carbocycles. The van der Waals surface area contributed by atoms with Crippen LogP contribution in [0.25, 0.3) is 0 Å². The molecule has 0 fully saturated rings. The molecule has 0 bridgehead atoms. The van der Waals surface area contributed by atoms with Gasteiger partial charge in [-0.05, 0) is 51.0 Å². The average molecular weight is 297 g/mol. The molecule has 22 heavy (non-hydrogen) atoms. The third-order valence-corrected chi connectivity index (χ3v) is 3.35. The first-order valence-electron chi connectivity index (χ1n) is 7.57. The van der Waals surface area contributed by atoms with Crippen LogP contribution in [0.4, 0.5) is 5.69 Å². The number of anilines is 1. The van der Waals surface area contributed by atoms with Gasteiger partial charge < -0.3 is 10.1 Å². The van der Waals surface area contributed by atoms with Crippen molar-refractivity contribution in [3.05, 3.63) is 59.2 Å². The SMILES string of the molecule is Cc1ccc(C)c(CC(=O)Nc2cccc(OC(C)C)c2)c1. The summed E-state index contributed by atoms with van der Waals surface area (Å²) in [6, 6.07) is 13.7. The van der Waals surface area contributed by atoms with Crippen LogP contribution in [0.3, 0.4) is 0 Å². The Hall–Kier alpha value is -2.29. The minimum Gasteiger partial charge on any atom is -0.491 e. The normalized spacial score (nSPS) is 10.6. The number of rotatable bonds is 5. The molecule has 0 aliphatic heterocycles. The first-order valence-corrected chi connectivity index (χ1v) is 7.57. The van der Waals surface area contributed by atoms with E-state index in [2.05, 4.69) is 23.5 Å². The van der Waals surface area contributed by atoms with E-state index in [1.807, 2.05) is 52.0 Å². The zero-order valence-corrected chi connectivity index (χ0v) is 13.6. The van der Waals surface area contributed by atoms with Crippen LogP contribution < -0.4 is 10.1 Å². The summed E-state index contributed by atoms with van der Waals surface area (Å²) in [5.41, 5.74) is 4.12. The second kappa shape index (κ2) is 7.12. The monoisotopic (exact) mass is 297 g/mol. The lowest BCUT2D eigenvalue weighted by Gasteiger charge is -2.12. The van der Waals surface area contributed by atoms with Gasteiger partial charge in [-0.2, -0.15) is 0 Å². The Morgan fingerprint density at radius 3 is 2.64 bits per heavy atom. The second-order valence-electron chi connectivity index (χ2n) is 5.85. The summed E-state index contributed by atoms with van der Waals surface area (Å²) in [5, 5.41) is 2.93. The number of benzene rings is 2. The number of nitrogens with one attached hydrogen (secondary N) is 1. The lowest BCUT2D eigenvalue weighted by atomic mass is 10.0. The zero-order valence-electron chi connectivity index (χ0n) is 13.6. The van der Waals surface area contributed by atoms with Gasteiger partial charge in [0.2, 0.25) is 5.91 Å². The molecule has 0 saturated heterocycles. The van der Waals surface area contributed by atoms with Crippen LogP contribution in [-0.2, 0) is 11.2 Å². The van der Waals surface area contributed by atoms with Crippen LogP contribution in [-0.4, -0.2) is 12.0 Å². The van der Waals surface area contributed by atoms with Gasteiger partial charge in [0.1, 0.15) is 5.75 Å². The van der Waals surface area contributed by atoms with Crippen LogP contribution in [0.2, 0.25) is 0 Å². The van der Waals surface area contributed by atoms with E-state index in [1.54, 1.807) is 0 Å². The summed E-state index contributed by atoms with van der Waals surface area (Å²) in [7, 11) is 0. The summed E-state index contributed by atoms with van der Waals surface area (Å²) >= 11 is 0. The van der Waals surface area contributed by atoms with Crippen molar-refractivity contribution < 1.29 is 9.53 Å². The van der Waals surface area contributed by atoms with Gasteiger partial charge in [0.05, 0.1) is 12.5 Å². The Morgan fingerprint density at radius 2 is 1.91 bits per heavy atom. The van der Waals surface area contributed by atoms with Gasteiger partial charge in [-0.15, -0.1) is 0 Å². The molecule has 3 nitrogen and oxygen atoms in total. The van der Waals surface area contributed by atoms with Crippen LogP contribution >= 0.6 is 0 Å². The molecule has 0 heterocycles. The maximum absolute atomic E-state index is 12.2. The number of hydrogen-bond acceptors (Lipinski definition) is 2. The quantitative estimate of drug-likeness (QED) is 0.895. The molecule has 0 aliphatic rings. The third kappa shape index (κ3) is 4.62. The number of carbonyl (C=O) groups excluding carboxylic acids is 1. The Balaban J connectivity index is 2.04. The van der Waals surface area contributed by atoms with E-state index in [-0.39, 0.29) is 12.0 Å². The molecule has 0 spiro atoms. The highest BCUT2D eigenvalue weighted by Crippen LogP contribution is 2.19. The lowest BCUT2D eigenvalue weighted by molar-refractivity contribution is -0.115. The van der Waals surface area contributed by atoms with E-state index in [0.29, 0.717) is 6.42 Å². The summed E-state index contributed by atoms with van der Waals surface area (Å²) in [4.78, 5) is 12.2. The smallest absolute Gasteiger partial charge is 0.228 e. The van der Waals surface area contributed by atoms with Crippen LogP contribution in [0.15, 0.2) is 42.5 Å². The molecule has 2 aromatic rings. The van der Waals surface area contributed by atoms with Gasteiger partial charge in [-0.1, -0.05) is 29.8 Å². The van der Waals surface area contributed by atoms with Crippen molar-refractivity contribution in [2.45, 2.75) is 40.2 Å². The van der Waals surface area contributed by atoms with E-state index in [9.17, 15) is 4.79 Å². The van der Waals surface area contributed by atoms with E-state index < -0.39 is 0 Å². The maximum atomic E-state index is 12.2. The molecule has 0 aromatic heterocycles. The Kier molecular flexibility index (Phi) is 5.21. The first kappa shape index (κ1) is 16.1. The van der Waals surface area contributed by atoms with Crippen LogP contribution in [0, 0.1) is 13.8 Å². The Morgan fingerprint density at radius 1 is 1.14 bits per heavy atom. The van der Waals surface area contributed by atoms with E-state index >= 15 is 0 Å². The minimum absolute atomic E-state index is 0.0182. The highest BCUT2D eigenvalue weighted by atomic mass is 16.5. The van der Waals surface area contributed by atoms with Gasteiger partial charge in [0.15, 0.2) is 0 Å². The van der Waals surface area contributed by atoms with Gasteiger partial charge in [0, 0.05) is 11.8 Å².